The zero-order valence-corrected chi connectivity index (χ0v) is 12.1. The van der Waals surface area contributed by atoms with Gasteiger partial charge in [-0.2, -0.15) is 0 Å². The third-order valence-electron chi connectivity index (χ3n) is 3.58. The van der Waals surface area contributed by atoms with Crippen molar-refractivity contribution in [2.24, 2.45) is 0 Å². The number of rotatable bonds is 4. The molecule has 0 spiro atoms. The van der Waals surface area contributed by atoms with Crippen molar-refractivity contribution in [1.82, 2.24) is 5.32 Å². The standard InChI is InChI=1S/C14H19Cl2NO/c1-17-13-7-2-3-8-14(13)18-9-10-11(15)5-4-6-12(10)16/h4-6,13-14,17H,2-3,7-9H2,1H3. The van der Waals surface area contributed by atoms with Crippen molar-refractivity contribution in [2.45, 2.75) is 44.4 Å². The fourth-order valence-electron chi connectivity index (χ4n) is 2.49. The fraction of sp³-hybridized carbons (Fsp3) is 0.571. The van der Waals surface area contributed by atoms with Crippen LogP contribution >= 0.6 is 23.2 Å². The van der Waals surface area contributed by atoms with E-state index in [1.54, 1.807) is 0 Å². The Morgan fingerprint density at radius 2 is 1.89 bits per heavy atom. The van der Waals surface area contributed by atoms with Crippen LogP contribution < -0.4 is 5.32 Å². The van der Waals surface area contributed by atoms with Crippen molar-refractivity contribution < 1.29 is 4.74 Å². The van der Waals surface area contributed by atoms with Crippen LogP contribution in [0, 0.1) is 0 Å². The lowest BCUT2D eigenvalue weighted by atomic mass is 9.92. The first-order valence-electron chi connectivity index (χ1n) is 6.44. The van der Waals surface area contributed by atoms with Gasteiger partial charge >= 0.3 is 0 Å². The molecule has 2 atom stereocenters. The molecule has 2 unspecified atom stereocenters. The molecule has 1 aliphatic rings. The summed E-state index contributed by atoms with van der Waals surface area (Å²) in [5, 5.41) is 4.69. The largest absolute Gasteiger partial charge is 0.372 e. The molecule has 0 amide bonds. The quantitative estimate of drug-likeness (QED) is 0.902. The molecule has 2 rings (SSSR count). The van der Waals surface area contributed by atoms with E-state index in [-0.39, 0.29) is 6.10 Å². The summed E-state index contributed by atoms with van der Waals surface area (Å²) in [6.07, 6.45) is 5.05. The summed E-state index contributed by atoms with van der Waals surface area (Å²) in [5.74, 6) is 0. The lowest BCUT2D eigenvalue weighted by Crippen LogP contribution is -2.41. The molecule has 1 aromatic rings. The number of nitrogens with one attached hydrogen (secondary N) is 1. The van der Waals surface area contributed by atoms with Gasteiger partial charge in [0.05, 0.1) is 12.7 Å². The Hall–Kier alpha value is -0.280. The summed E-state index contributed by atoms with van der Waals surface area (Å²) in [6, 6.07) is 6.00. The second-order valence-electron chi connectivity index (χ2n) is 4.73. The molecule has 18 heavy (non-hydrogen) atoms. The summed E-state index contributed by atoms with van der Waals surface area (Å²) in [4.78, 5) is 0. The Bertz CT molecular complexity index is 377. The van der Waals surface area contributed by atoms with E-state index in [4.69, 9.17) is 27.9 Å². The molecule has 0 heterocycles. The number of likely N-dealkylation sites (N-methyl/N-ethyl adjacent to an activating group) is 1. The SMILES string of the molecule is CNC1CCCCC1OCc1c(Cl)cccc1Cl. The van der Waals surface area contributed by atoms with E-state index < -0.39 is 0 Å². The van der Waals surface area contributed by atoms with Crippen molar-refractivity contribution in [2.75, 3.05) is 7.05 Å². The minimum atomic E-state index is 0.260. The molecule has 1 N–H and O–H groups in total. The van der Waals surface area contributed by atoms with E-state index in [0.29, 0.717) is 22.7 Å². The first-order valence-corrected chi connectivity index (χ1v) is 7.19. The number of hydrogen-bond donors (Lipinski definition) is 1. The minimum Gasteiger partial charge on any atom is -0.372 e. The molecule has 1 aliphatic carbocycles. The van der Waals surface area contributed by atoms with Crippen molar-refractivity contribution in [1.29, 1.82) is 0 Å². The Morgan fingerprint density at radius 3 is 2.56 bits per heavy atom. The van der Waals surface area contributed by atoms with Crippen LogP contribution in [0.1, 0.15) is 31.2 Å². The molecule has 4 heteroatoms. The molecular formula is C14H19Cl2NO. The summed E-state index contributed by atoms with van der Waals surface area (Å²) in [5.41, 5.74) is 0.890. The molecule has 1 saturated carbocycles. The molecule has 100 valence electrons. The lowest BCUT2D eigenvalue weighted by Gasteiger charge is -2.31. The molecule has 0 aromatic heterocycles. The van der Waals surface area contributed by atoms with Crippen LogP contribution in [0.5, 0.6) is 0 Å². The van der Waals surface area contributed by atoms with Gasteiger partial charge in [-0.15, -0.1) is 0 Å². The van der Waals surface area contributed by atoms with Gasteiger partial charge in [-0.1, -0.05) is 42.1 Å². The van der Waals surface area contributed by atoms with E-state index in [2.05, 4.69) is 5.32 Å². The predicted molar refractivity (Wildman–Crippen MR) is 76.4 cm³/mol. The highest BCUT2D eigenvalue weighted by Gasteiger charge is 2.24. The maximum absolute atomic E-state index is 6.14. The maximum Gasteiger partial charge on any atom is 0.0750 e. The average Bonchev–Trinajstić information content (AvgIpc) is 2.38. The van der Waals surface area contributed by atoms with Gasteiger partial charge in [-0.25, -0.2) is 0 Å². The molecule has 0 saturated heterocycles. The molecule has 0 bridgehead atoms. The summed E-state index contributed by atoms with van der Waals surface area (Å²) in [7, 11) is 1.99. The molecular weight excluding hydrogens is 269 g/mol. The van der Waals surface area contributed by atoms with Gasteiger partial charge in [0.1, 0.15) is 0 Å². The summed E-state index contributed by atoms with van der Waals surface area (Å²) in [6.45, 7) is 0.487. The first-order chi connectivity index (χ1) is 8.72. The van der Waals surface area contributed by atoms with E-state index in [1.807, 2.05) is 25.2 Å². The van der Waals surface area contributed by atoms with E-state index in [1.165, 1.54) is 19.3 Å². The molecule has 1 fully saturated rings. The molecule has 0 radical (unpaired) electrons. The zero-order chi connectivity index (χ0) is 13.0. The van der Waals surface area contributed by atoms with Gasteiger partial charge in [0.2, 0.25) is 0 Å². The van der Waals surface area contributed by atoms with Crippen LogP contribution in [0.2, 0.25) is 10.0 Å². The van der Waals surface area contributed by atoms with Gasteiger partial charge in [0.15, 0.2) is 0 Å². The third kappa shape index (κ3) is 3.39. The summed E-state index contributed by atoms with van der Waals surface area (Å²) < 4.78 is 6.00. The number of ether oxygens (including phenoxy) is 1. The highest BCUT2D eigenvalue weighted by Crippen LogP contribution is 2.27. The number of benzene rings is 1. The monoisotopic (exact) mass is 287 g/mol. The average molecular weight is 288 g/mol. The lowest BCUT2D eigenvalue weighted by molar-refractivity contribution is -0.00354. The minimum absolute atomic E-state index is 0.260. The summed E-state index contributed by atoms with van der Waals surface area (Å²) >= 11 is 12.3. The van der Waals surface area contributed by atoms with Crippen LogP contribution in [0.3, 0.4) is 0 Å². The van der Waals surface area contributed by atoms with Crippen molar-refractivity contribution in [3.63, 3.8) is 0 Å². The number of halogens is 2. The Balaban J connectivity index is 1.98. The maximum atomic E-state index is 6.14. The smallest absolute Gasteiger partial charge is 0.0750 e. The molecule has 0 aliphatic heterocycles. The van der Waals surface area contributed by atoms with Crippen LogP contribution in [-0.4, -0.2) is 19.2 Å². The third-order valence-corrected chi connectivity index (χ3v) is 4.29. The number of hydrogen-bond acceptors (Lipinski definition) is 2. The van der Waals surface area contributed by atoms with Gasteiger partial charge in [-0.3, -0.25) is 0 Å². The Kier molecular flexibility index (Phi) is 5.31. The van der Waals surface area contributed by atoms with Crippen molar-refractivity contribution in [3.8, 4) is 0 Å². The van der Waals surface area contributed by atoms with E-state index in [9.17, 15) is 0 Å². The second kappa shape index (κ2) is 6.76. The molecule has 1 aromatic carbocycles. The normalized spacial score (nSPS) is 24.2. The highest BCUT2D eigenvalue weighted by molar-refractivity contribution is 6.35. The predicted octanol–water partition coefficient (Wildman–Crippen LogP) is 4.04. The topological polar surface area (TPSA) is 21.3 Å². The van der Waals surface area contributed by atoms with Crippen LogP contribution in [-0.2, 0) is 11.3 Å². The van der Waals surface area contributed by atoms with E-state index in [0.717, 1.165) is 12.0 Å². The second-order valence-corrected chi connectivity index (χ2v) is 5.54. The first kappa shape index (κ1) is 14.1. The van der Waals surface area contributed by atoms with Gasteiger partial charge < -0.3 is 10.1 Å². The van der Waals surface area contributed by atoms with Crippen LogP contribution in [0.4, 0.5) is 0 Å². The van der Waals surface area contributed by atoms with Gasteiger partial charge in [-0.05, 0) is 32.0 Å². The van der Waals surface area contributed by atoms with Crippen LogP contribution in [0.15, 0.2) is 18.2 Å². The fourth-order valence-corrected chi connectivity index (χ4v) is 2.99. The molecule has 2 nitrogen and oxygen atoms in total. The van der Waals surface area contributed by atoms with Crippen LogP contribution in [0.25, 0.3) is 0 Å². The van der Waals surface area contributed by atoms with Gasteiger partial charge in [0.25, 0.3) is 0 Å². The Labute approximate surface area is 119 Å². The van der Waals surface area contributed by atoms with Crippen molar-refractivity contribution in [3.05, 3.63) is 33.8 Å². The van der Waals surface area contributed by atoms with Crippen molar-refractivity contribution >= 4 is 23.2 Å². The zero-order valence-electron chi connectivity index (χ0n) is 10.6. The van der Waals surface area contributed by atoms with Gasteiger partial charge in [0, 0.05) is 21.7 Å². The highest BCUT2D eigenvalue weighted by atomic mass is 35.5. The Morgan fingerprint density at radius 1 is 1.22 bits per heavy atom. The van der Waals surface area contributed by atoms with E-state index >= 15 is 0 Å².